The molecule has 1 nitrogen and oxygen atoms in total. The molecule has 0 radical (unpaired) electrons. The molecule has 1 rings (SSSR count). The van der Waals surface area contributed by atoms with Gasteiger partial charge < -0.3 is 0 Å². The van der Waals surface area contributed by atoms with Crippen molar-refractivity contribution in [1.29, 1.82) is 0 Å². The van der Waals surface area contributed by atoms with E-state index in [1.807, 2.05) is 0 Å². The van der Waals surface area contributed by atoms with Crippen molar-refractivity contribution in [3.8, 4) is 0 Å². The van der Waals surface area contributed by atoms with Crippen LogP contribution in [0.2, 0.25) is 0 Å². The highest BCUT2D eigenvalue weighted by molar-refractivity contribution is 9.09. The van der Waals surface area contributed by atoms with Crippen LogP contribution in [0.3, 0.4) is 0 Å². The molecule has 0 saturated carbocycles. The van der Waals surface area contributed by atoms with Crippen LogP contribution < -0.4 is 0 Å². The Morgan fingerprint density at radius 2 is 1.75 bits per heavy atom. The van der Waals surface area contributed by atoms with E-state index in [4.69, 9.17) is 0 Å². The zero-order valence-electron chi connectivity index (χ0n) is 8.35. The number of carbonyl (C=O) groups is 1. The molecule has 0 N–H and O–H groups in total. The Bertz CT molecular complexity index is 356. The highest BCUT2D eigenvalue weighted by Crippen LogP contribution is 2.21. The second kappa shape index (κ2) is 5.48. The molecular formula is C11H10BrF3O. The molecule has 0 amide bonds. The molecule has 0 heterocycles. The van der Waals surface area contributed by atoms with Gasteiger partial charge >= 0.3 is 6.18 Å². The van der Waals surface area contributed by atoms with Gasteiger partial charge in [-0.2, -0.15) is 13.2 Å². The van der Waals surface area contributed by atoms with E-state index in [2.05, 4.69) is 15.9 Å². The first kappa shape index (κ1) is 13.2. The summed E-state index contributed by atoms with van der Waals surface area (Å²) < 4.78 is 36.2. The first-order valence-electron chi connectivity index (χ1n) is 4.71. The highest BCUT2D eigenvalue weighted by atomic mass is 79.9. The van der Waals surface area contributed by atoms with Crippen LogP contribution in [0, 0.1) is 0 Å². The van der Waals surface area contributed by atoms with Crippen LogP contribution in [0.25, 0.3) is 0 Å². The SMILES string of the molecule is O=C(c1ccc(CCCBr)cc1)C(F)(F)F. The number of aryl methyl sites for hydroxylation is 1. The van der Waals surface area contributed by atoms with Crippen molar-refractivity contribution in [1.82, 2.24) is 0 Å². The zero-order valence-corrected chi connectivity index (χ0v) is 9.94. The van der Waals surface area contributed by atoms with Gasteiger partial charge in [0.25, 0.3) is 5.78 Å². The normalized spacial score (nSPS) is 11.5. The number of hydrogen-bond donors (Lipinski definition) is 0. The summed E-state index contributed by atoms with van der Waals surface area (Å²) in [6, 6.07) is 5.56. The lowest BCUT2D eigenvalue weighted by atomic mass is 10.1. The van der Waals surface area contributed by atoms with E-state index in [1.165, 1.54) is 12.1 Å². The number of alkyl halides is 4. The minimum absolute atomic E-state index is 0.310. The number of benzene rings is 1. The van der Waals surface area contributed by atoms with Gasteiger partial charge in [-0.15, -0.1) is 0 Å². The predicted octanol–water partition coefficient (Wildman–Crippen LogP) is 3.76. The minimum Gasteiger partial charge on any atom is -0.284 e. The van der Waals surface area contributed by atoms with Crippen molar-refractivity contribution >= 4 is 21.7 Å². The van der Waals surface area contributed by atoms with E-state index in [0.717, 1.165) is 23.7 Å². The molecule has 0 aromatic heterocycles. The van der Waals surface area contributed by atoms with Crippen molar-refractivity contribution in [2.45, 2.75) is 19.0 Å². The van der Waals surface area contributed by atoms with Crippen LogP contribution in [0.15, 0.2) is 24.3 Å². The Hall–Kier alpha value is -0.840. The lowest BCUT2D eigenvalue weighted by molar-refractivity contribution is -0.0885. The maximum Gasteiger partial charge on any atom is 0.454 e. The lowest BCUT2D eigenvalue weighted by Gasteiger charge is -2.05. The molecule has 1 aromatic rings. The summed E-state index contributed by atoms with van der Waals surface area (Å²) in [5.74, 6) is -1.79. The third-order valence-corrected chi connectivity index (χ3v) is 2.63. The third-order valence-electron chi connectivity index (χ3n) is 2.07. The number of halogens is 4. The Morgan fingerprint density at radius 3 is 2.19 bits per heavy atom. The molecule has 1 aromatic carbocycles. The summed E-state index contributed by atoms with van der Waals surface area (Å²) >= 11 is 3.27. The second-order valence-corrected chi connectivity index (χ2v) is 4.11. The summed E-state index contributed by atoms with van der Waals surface area (Å²) in [6.45, 7) is 0. The number of hydrogen-bond acceptors (Lipinski definition) is 1. The fraction of sp³-hybridized carbons (Fsp3) is 0.364. The summed E-state index contributed by atoms with van der Waals surface area (Å²) in [4.78, 5) is 10.9. The summed E-state index contributed by atoms with van der Waals surface area (Å²) in [5, 5.41) is 0.843. The van der Waals surface area contributed by atoms with Crippen LogP contribution in [0.1, 0.15) is 22.3 Å². The summed E-state index contributed by atoms with van der Waals surface area (Å²) in [6.07, 6.45) is -3.10. The molecule has 0 fully saturated rings. The molecule has 0 aliphatic carbocycles. The molecule has 0 saturated heterocycles. The molecular weight excluding hydrogens is 285 g/mol. The van der Waals surface area contributed by atoms with Gasteiger partial charge in [0.2, 0.25) is 0 Å². The summed E-state index contributed by atoms with van der Waals surface area (Å²) in [7, 11) is 0. The molecule has 5 heteroatoms. The van der Waals surface area contributed by atoms with E-state index in [9.17, 15) is 18.0 Å². The first-order chi connectivity index (χ1) is 7.45. The Morgan fingerprint density at radius 1 is 1.19 bits per heavy atom. The molecule has 0 aliphatic rings. The smallest absolute Gasteiger partial charge is 0.284 e. The fourth-order valence-corrected chi connectivity index (χ4v) is 1.54. The van der Waals surface area contributed by atoms with Crippen LogP contribution in [-0.2, 0) is 6.42 Å². The van der Waals surface area contributed by atoms with E-state index in [0.29, 0.717) is 0 Å². The van der Waals surface area contributed by atoms with Gasteiger partial charge in [0.05, 0.1) is 0 Å². The highest BCUT2D eigenvalue weighted by Gasteiger charge is 2.38. The van der Waals surface area contributed by atoms with E-state index in [1.54, 1.807) is 12.1 Å². The quantitative estimate of drug-likeness (QED) is 0.610. The third kappa shape index (κ3) is 3.63. The van der Waals surface area contributed by atoms with E-state index >= 15 is 0 Å². The standard InChI is InChI=1S/C11H10BrF3O/c12-7-1-2-8-3-5-9(6-4-8)10(16)11(13,14)15/h3-6H,1-2,7H2. The van der Waals surface area contributed by atoms with Gasteiger partial charge in [-0.05, 0) is 18.4 Å². The molecule has 0 spiro atoms. The van der Waals surface area contributed by atoms with Crippen molar-refractivity contribution in [3.05, 3.63) is 35.4 Å². The molecule has 0 unspecified atom stereocenters. The van der Waals surface area contributed by atoms with Gasteiger partial charge in [-0.25, -0.2) is 0 Å². The Kier molecular flexibility index (Phi) is 4.53. The molecule has 16 heavy (non-hydrogen) atoms. The topological polar surface area (TPSA) is 17.1 Å². The van der Waals surface area contributed by atoms with Crippen molar-refractivity contribution in [3.63, 3.8) is 0 Å². The molecule has 0 bridgehead atoms. The van der Waals surface area contributed by atoms with Gasteiger partial charge in [0, 0.05) is 10.9 Å². The van der Waals surface area contributed by atoms with Crippen LogP contribution in [0.5, 0.6) is 0 Å². The van der Waals surface area contributed by atoms with E-state index in [-0.39, 0.29) is 5.56 Å². The number of ketones is 1. The van der Waals surface area contributed by atoms with Crippen molar-refractivity contribution < 1.29 is 18.0 Å². The van der Waals surface area contributed by atoms with Crippen molar-refractivity contribution in [2.24, 2.45) is 0 Å². The number of carbonyl (C=O) groups excluding carboxylic acids is 1. The van der Waals surface area contributed by atoms with Crippen molar-refractivity contribution in [2.75, 3.05) is 5.33 Å². The molecule has 88 valence electrons. The van der Waals surface area contributed by atoms with E-state index < -0.39 is 12.0 Å². The Balaban J connectivity index is 2.75. The largest absolute Gasteiger partial charge is 0.454 e. The lowest BCUT2D eigenvalue weighted by Crippen LogP contribution is -2.22. The zero-order chi connectivity index (χ0) is 12.2. The van der Waals surface area contributed by atoms with Gasteiger partial charge in [-0.3, -0.25) is 4.79 Å². The van der Waals surface area contributed by atoms with Crippen LogP contribution >= 0.6 is 15.9 Å². The van der Waals surface area contributed by atoms with Gasteiger partial charge in [-0.1, -0.05) is 40.2 Å². The van der Waals surface area contributed by atoms with Crippen LogP contribution in [-0.4, -0.2) is 17.3 Å². The van der Waals surface area contributed by atoms with Gasteiger partial charge in [0.1, 0.15) is 0 Å². The average molecular weight is 295 g/mol. The fourth-order valence-electron chi connectivity index (χ4n) is 1.26. The maximum absolute atomic E-state index is 12.1. The predicted molar refractivity (Wildman–Crippen MR) is 58.9 cm³/mol. The number of rotatable bonds is 4. The minimum atomic E-state index is -4.79. The van der Waals surface area contributed by atoms with Crippen LogP contribution in [0.4, 0.5) is 13.2 Å². The molecule has 0 aliphatic heterocycles. The van der Waals surface area contributed by atoms with Gasteiger partial charge in [0.15, 0.2) is 0 Å². The Labute approximate surface area is 99.8 Å². The maximum atomic E-state index is 12.1. The second-order valence-electron chi connectivity index (χ2n) is 3.32. The first-order valence-corrected chi connectivity index (χ1v) is 5.83. The molecule has 0 atom stereocenters. The number of Topliss-reactive ketones (excluding diaryl/α,β-unsaturated/α-hetero) is 1. The average Bonchev–Trinajstić information content (AvgIpc) is 2.25. The summed E-state index contributed by atoms with van der Waals surface area (Å²) in [5.41, 5.74) is 0.619. The monoisotopic (exact) mass is 294 g/mol.